The highest BCUT2D eigenvalue weighted by atomic mass is 32.1. The number of ketones is 1. The van der Waals surface area contributed by atoms with Gasteiger partial charge in [0.25, 0.3) is 5.56 Å². The van der Waals surface area contributed by atoms with Gasteiger partial charge in [0.1, 0.15) is 23.5 Å². The number of likely N-dealkylation sites (tertiary alicyclic amines) is 1. The lowest BCUT2D eigenvalue weighted by Crippen LogP contribution is -2.57. The third-order valence-electron chi connectivity index (χ3n) is 13.5. The number of aryl methyl sites for hydroxylation is 2. The highest BCUT2D eigenvalue weighted by Gasteiger charge is 2.44. The van der Waals surface area contributed by atoms with Crippen LogP contribution in [0.25, 0.3) is 21.5 Å². The van der Waals surface area contributed by atoms with Crippen molar-refractivity contribution in [3.8, 4) is 10.4 Å². The van der Waals surface area contributed by atoms with Gasteiger partial charge < -0.3 is 35.8 Å². The summed E-state index contributed by atoms with van der Waals surface area (Å²) in [6, 6.07) is 9.62. The summed E-state index contributed by atoms with van der Waals surface area (Å²) in [5.74, 6) is -0.971. The van der Waals surface area contributed by atoms with E-state index in [9.17, 15) is 33.9 Å². The number of pyridine rings is 2. The maximum absolute atomic E-state index is 14.1. The van der Waals surface area contributed by atoms with Crippen molar-refractivity contribution in [1.82, 2.24) is 44.9 Å². The van der Waals surface area contributed by atoms with Gasteiger partial charge in [0.05, 0.1) is 39.6 Å². The van der Waals surface area contributed by atoms with Crippen molar-refractivity contribution >= 4 is 69.2 Å². The molecule has 2 aliphatic heterocycles. The van der Waals surface area contributed by atoms with E-state index in [4.69, 9.17) is 4.98 Å². The smallest absolute Gasteiger partial charge is 0.263 e. The first-order chi connectivity index (χ1) is 33.0. The van der Waals surface area contributed by atoms with E-state index in [-0.39, 0.29) is 73.1 Å². The number of thiazole rings is 1. The second-order valence-electron chi connectivity index (χ2n) is 19.4. The van der Waals surface area contributed by atoms with E-state index < -0.39 is 35.4 Å². The third kappa shape index (κ3) is 10.8. The fourth-order valence-electron chi connectivity index (χ4n) is 9.68. The minimum atomic E-state index is -1.01. The van der Waals surface area contributed by atoms with E-state index in [1.54, 1.807) is 45.6 Å². The van der Waals surface area contributed by atoms with E-state index in [2.05, 4.69) is 35.8 Å². The molecule has 69 heavy (non-hydrogen) atoms. The molecule has 1 aromatic carbocycles. The number of nitrogens with one attached hydrogen (secondary N) is 3. The maximum atomic E-state index is 14.1. The first-order valence-electron chi connectivity index (χ1n) is 23.7. The predicted molar refractivity (Wildman–Crippen MR) is 263 cm³/mol. The summed E-state index contributed by atoms with van der Waals surface area (Å²) >= 11 is 1.56. The number of carbonyl (C=O) groups is 5. The number of fused-ring (bicyclic) bond motifs is 1. The van der Waals surface area contributed by atoms with Gasteiger partial charge in [-0.1, -0.05) is 57.9 Å². The van der Waals surface area contributed by atoms with E-state index in [1.165, 1.54) is 11.8 Å². The molecule has 4 aromatic heterocycles. The Morgan fingerprint density at radius 3 is 2.28 bits per heavy atom. The van der Waals surface area contributed by atoms with Crippen LogP contribution >= 0.6 is 11.3 Å². The summed E-state index contributed by atoms with van der Waals surface area (Å²) < 4.78 is 1.68. The lowest BCUT2D eigenvalue weighted by molar-refractivity contribution is -0.144. The second kappa shape index (κ2) is 20.6. The van der Waals surface area contributed by atoms with Gasteiger partial charge in [0.15, 0.2) is 5.78 Å². The number of aliphatic hydroxyl groups is 1. The molecule has 2 saturated heterocycles. The first-order valence-corrected chi connectivity index (χ1v) is 24.6. The number of Topliss-reactive ketones (excluding diaryl/α,β-unsaturated/α-hetero) is 1. The lowest BCUT2D eigenvalue weighted by atomic mass is 9.85. The standard InChI is InChI=1S/C50H61N11O7S/c1-29-37-26-53-49(57-45(37)61(34-9-7-8-10-34)47(67)42(29)31(3)62)55-39-16-15-35(25-51-39)58-19-21-59(22-20-58)41(65)18-17-40(64)56-44(50(4,5)6)48(68)60-27-36(63)23-38(60)46(66)52-24-32-11-13-33(14-12-32)43-30(2)54-28-69-43/h11-16,25-26,28,34,36,38,44,63H,7-10,17-24,27H2,1-6H3,(H,52,66)(H,56,64)(H,51,53,55,57)/t36-,38+,44-/m1/s1. The van der Waals surface area contributed by atoms with Gasteiger partial charge in [0.2, 0.25) is 29.6 Å². The number of aromatic nitrogens is 5. The Morgan fingerprint density at radius 2 is 1.64 bits per heavy atom. The molecule has 5 aromatic rings. The molecule has 1 saturated carbocycles. The van der Waals surface area contributed by atoms with Gasteiger partial charge in [-0.05, 0) is 67.9 Å². The third-order valence-corrected chi connectivity index (χ3v) is 14.5. The number of nitrogens with zero attached hydrogens (tertiary/aromatic N) is 8. The van der Waals surface area contributed by atoms with Gasteiger partial charge in [-0.25, -0.2) is 15.0 Å². The summed E-state index contributed by atoms with van der Waals surface area (Å²) in [6.07, 6.45) is 6.11. The van der Waals surface area contributed by atoms with Crippen LogP contribution in [0.3, 0.4) is 0 Å². The molecule has 364 valence electrons. The maximum Gasteiger partial charge on any atom is 0.263 e. The number of piperazine rings is 1. The zero-order valence-corrected chi connectivity index (χ0v) is 40.9. The van der Waals surface area contributed by atoms with Crippen LogP contribution in [0.15, 0.2) is 59.1 Å². The molecule has 3 aliphatic rings. The number of β-amino-alcohol motifs (C(OH)–C–C–N with tert-alkyl or cyclic N) is 1. The Morgan fingerprint density at radius 1 is 0.913 bits per heavy atom. The van der Waals surface area contributed by atoms with Crippen LogP contribution in [-0.4, -0.2) is 120 Å². The summed E-state index contributed by atoms with van der Waals surface area (Å²) in [6.45, 7) is 12.8. The van der Waals surface area contributed by atoms with Crippen LogP contribution in [0, 0.1) is 19.3 Å². The van der Waals surface area contributed by atoms with Gasteiger partial charge in [0, 0.05) is 76.2 Å². The van der Waals surface area contributed by atoms with E-state index in [0.717, 1.165) is 53.1 Å². The van der Waals surface area contributed by atoms with E-state index >= 15 is 0 Å². The number of anilines is 3. The number of hydrogen-bond acceptors (Lipinski definition) is 14. The van der Waals surface area contributed by atoms with Crippen molar-refractivity contribution in [2.24, 2.45) is 5.41 Å². The van der Waals surface area contributed by atoms with Gasteiger partial charge in [-0.2, -0.15) is 4.98 Å². The molecule has 0 radical (unpaired) electrons. The number of carbonyl (C=O) groups excluding carboxylic acids is 5. The number of aliphatic hydroxyl groups excluding tert-OH is 1. The molecule has 8 rings (SSSR count). The zero-order valence-electron chi connectivity index (χ0n) is 40.1. The summed E-state index contributed by atoms with van der Waals surface area (Å²) in [7, 11) is 0. The largest absolute Gasteiger partial charge is 0.391 e. The predicted octanol–water partition coefficient (Wildman–Crippen LogP) is 5.23. The molecule has 4 N–H and O–H groups in total. The van der Waals surface area contributed by atoms with Crippen LogP contribution in [0.1, 0.15) is 106 Å². The lowest BCUT2D eigenvalue weighted by Gasteiger charge is -2.36. The summed E-state index contributed by atoms with van der Waals surface area (Å²) in [4.78, 5) is 105. The second-order valence-corrected chi connectivity index (χ2v) is 20.3. The molecule has 3 fully saturated rings. The van der Waals surface area contributed by atoms with Crippen molar-refractivity contribution < 1.29 is 29.1 Å². The van der Waals surface area contributed by atoms with Gasteiger partial charge >= 0.3 is 0 Å². The monoisotopic (exact) mass is 959 g/mol. The van der Waals surface area contributed by atoms with Crippen LogP contribution in [0.2, 0.25) is 0 Å². The number of amides is 4. The molecule has 0 spiro atoms. The molecule has 19 heteroatoms. The van der Waals surface area contributed by atoms with Crippen molar-refractivity contribution in [2.75, 3.05) is 42.9 Å². The van der Waals surface area contributed by atoms with E-state index in [0.29, 0.717) is 48.6 Å². The average Bonchev–Trinajstić information content (AvgIpc) is 4.11. The average molecular weight is 960 g/mol. The number of benzene rings is 1. The Balaban J connectivity index is 0.816. The van der Waals surface area contributed by atoms with Gasteiger partial charge in [-0.3, -0.25) is 33.3 Å². The van der Waals surface area contributed by atoms with Crippen molar-refractivity contribution in [3.05, 3.63) is 87.0 Å². The molecular weight excluding hydrogens is 899 g/mol. The normalized spacial score (nSPS) is 18.1. The SMILES string of the molecule is CC(=O)c1c(C)c2cnc(Nc3ccc(N4CCN(C(=O)CCC(=O)N[C@H](C(=O)N5C[C@H](O)C[C@H]5C(=O)NCc5ccc(-c6scnc6C)cc5)C(C)(C)C)CC4)cn3)nc2n(C2CCCC2)c1=O. The number of rotatable bonds is 14. The van der Waals surface area contributed by atoms with Crippen LogP contribution in [-0.2, 0) is 25.7 Å². The van der Waals surface area contributed by atoms with Crippen molar-refractivity contribution in [3.63, 3.8) is 0 Å². The molecule has 1 aliphatic carbocycles. The summed E-state index contributed by atoms with van der Waals surface area (Å²) in [5, 5.41) is 20.2. The van der Waals surface area contributed by atoms with Crippen molar-refractivity contribution in [2.45, 2.75) is 117 Å². The first kappa shape index (κ1) is 48.8. The highest BCUT2D eigenvalue weighted by Crippen LogP contribution is 2.33. The molecular formula is C50H61N11O7S. The molecule has 18 nitrogen and oxygen atoms in total. The molecule has 4 amide bonds. The highest BCUT2D eigenvalue weighted by molar-refractivity contribution is 7.13. The zero-order chi connectivity index (χ0) is 49.1. The Kier molecular flexibility index (Phi) is 14.5. The molecule has 0 bridgehead atoms. The Labute approximate surface area is 404 Å². The minimum absolute atomic E-state index is 0.0343. The quantitative estimate of drug-likeness (QED) is 0.105. The minimum Gasteiger partial charge on any atom is -0.391 e. The fraction of sp³-hybridized carbons (Fsp3) is 0.480. The van der Waals surface area contributed by atoms with Crippen molar-refractivity contribution in [1.29, 1.82) is 0 Å². The van der Waals surface area contributed by atoms with Crippen LogP contribution < -0.4 is 26.4 Å². The summed E-state index contributed by atoms with van der Waals surface area (Å²) in [5.41, 5.74) is 5.75. The molecule has 3 atom stereocenters. The van der Waals surface area contributed by atoms with Crippen LogP contribution in [0.5, 0.6) is 0 Å². The van der Waals surface area contributed by atoms with Gasteiger partial charge in [-0.15, -0.1) is 11.3 Å². The van der Waals surface area contributed by atoms with Crippen LogP contribution in [0.4, 0.5) is 17.5 Å². The molecule has 0 unspecified atom stereocenters. The number of hydrogen-bond donors (Lipinski definition) is 4. The van der Waals surface area contributed by atoms with E-state index in [1.807, 2.05) is 64.1 Å². The Bertz CT molecular complexity index is 2790. The topological polar surface area (TPSA) is 225 Å². The fourth-order valence-corrected chi connectivity index (χ4v) is 10.5. The molecule has 6 heterocycles. The Hall–Kier alpha value is -6.60.